The van der Waals surface area contributed by atoms with Gasteiger partial charge in [-0.15, -0.1) is 15.9 Å². The maximum absolute atomic E-state index is 12.4. The molecule has 2 aromatic carbocycles. The number of carbonyl (C=O) groups is 1. The summed E-state index contributed by atoms with van der Waals surface area (Å²) in [5.74, 6) is -0.514. The molecule has 0 bridgehead atoms. The van der Waals surface area contributed by atoms with Gasteiger partial charge in [0.15, 0.2) is 0 Å². The van der Waals surface area contributed by atoms with Gasteiger partial charge in [-0.3, -0.25) is 13.9 Å². The van der Waals surface area contributed by atoms with E-state index in [4.69, 9.17) is 9.47 Å². The van der Waals surface area contributed by atoms with Crippen molar-refractivity contribution in [3.63, 3.8) is 0 Å². The van der Waals surface area contributed by atoms with Crippen molar-refractivity contribution in [3.05, 3.63) is 71.0 Å². The van der Waals surface area contributed by atoms with E-state index in [1.165, 1.54) is 19.3 Å². The Morgan fingerprint density at radius 3 is 2.64 bits per heavy atom. The van der Waals surface area contributed by atoms with Crippen LogP contribution in [0.1, 0.15) is 87.4 Å². The lowest BCUT2D eigenvalue weighted by Gasteiger charge is -2.42. The number of fused-ring (bicyclic) bond motifs is 1. The lowest BCUT2D eigenvalue weighted by molar-refractivity contribution is -0.158. The van der Waals surface area contributed by atoms with Gasteiger partial charge in [0.1, 0.15) is 22.4 Å². The first-order valence-corrected chi connectivity index (χ1v) is 16.1. The van der Waals surface area contributed by atoms with E-state index in [0.717, 1.165) is 24.0 Å². The topological polar surface area (TPSA) is 130 Å². The first-order chi connectivity index (χ1) is 20.0. The summed E-state index contributed by atoms with van der Waals surface area (Å²) in [6, 6.07) is 13.1. The molecule has 3 N–H and O–H groups in total. The molecule has 2 atom stereocenters. The van der Waals surface area contributed by atoms with Gasteiger partial charge in [-0.05, 0) is 69.4 Å². The van der Waals surface area contributed by atoms with Gasteiger partial charge in [-0.1, -0.05) is 54.8 Å². The lowest BCUT2D eigenvalue weighted by atomic mass is 9.81. The second-order valence-corrected chi connectivity index (χ2v) is 14.1. The van der Waals surface area contributed by atoms with E-state index in [1.54, 1.807) is 36.4 Å². The van der Waals surface area contributed by atoms with E-state index in [9.17, 15) is 19.0 Å². The standard InChI is InChI=1S/C31H42N4O6S/c1-21-14-15-23(16-24(21)18-34-17-22(2)41-27-12-8-9-13-28(27)42(34,38)39)29(31(3,4)30(36)37)40-20-25-19-35(33-32-25)26-10-6-5-7-11-26/h8-9,12-16,19,22,26,29,38-39H,5-7,10-11,17-18,20H2,1-4H3,(H,36,37). The molecule has 10 nitrogen and oxygen atoms in total. The molecule has 228 valence electrons. The van der Waals surface area contributed by atoms with Gasteiger partial charge in [0.25, 0.3) is 0 Å². The fraction of sp³-hybridized carbons (Fsp3) is 0.516. The molecule has 1 saturated carbocycles. The Bertz CT molecular complexity index is 1400. The van der Waals surface area contributed by atoms with Crippen molar-refractivity contribution in [2.45, 2.75) is 96.1 Å². The Balaban J connectivity index is 1.40. The zero-order valence-electron chi connectivity index (χ0n) is 24.8. The number of aryl methyl sites for hydroxylation is 1. The number of rotatable bonds is 9. The van der Waals surface area contributed by atoms with Crippen molar-refractivity contribution in [2.75, 3.05) is 6.54 Å². The van der Waals surface area contributed by atoms with Gasteiger partial charge in [0.05, 0.1) is 36.9 Å². The predicted octanol–water partition coefficient (Wildman–Crippen LogP) is 6.77. The van der Waals surface area contributed by atoms with Crippen LogP contribution >= 0.6 is 10.8 Å². The predicted molar refractivity (Wildman–Crippen MR) is 160 cm³/mol. The van der Waals surface area contributed by atoms with Crippen molar-refractivity contribution >= 4 is 16.7 Å². The van der Waals surface area contributed by atoms with Crippen LogP contribution < -0.4 is 4.74 Å². The highest BCUT2D eigenvalue weighted by molar-refractivity contribution is 8.22. The third-order valence-corrected chi connectivity index (χ3v) is 10.4. The molecule has 42 heavy (non-hydrogen) atoms. The van der Waals surface area contributed by atoms with E-state index in [-0.39, 0.29) is 19.3 Å². The number of carboxylic acids is 1. The third-order valence-electron chi connectivity index (χ3n) is 8.43. The minimum absolute atomic E-state index is 0.121. The summed E-state index contributed by atoms with van der Waals surface area (Å²) in [6.07, 6.45) is 6.65. The van der Waals surface area contributed by atoms with Crippen LogP contribution in [0.4, 0.5) is 0 Å². The molecule has 0 radical (unpaired) electrons. The summed E-state index contributed by atoms with van der Waals surface area (Å²) in [4.78, 5) is 12.8. The Labute approximate surface area is 249 Å². The van der Waals surface area contributed by atoms with Crippen LogP contribution in [0.15, 0.2) is 53.6 Å². The molecule has 1 aromatic heterocycles. The number of carboxylic acid groups (broad SMARTS) is 1. The van der Waals surface area contributed by atoms with Crippen molar-refractivity contribution < 1.29 is 28.5 Å². The fourth-order valence-electron chi connectivity index (χ4n) is 5.83. The van der Waals surface area contributed by atoms with Crippen molar-refractivity contribution in [1.82, 2.24) is 19.3 Å². The molecule has 3 aromatic rings. The first-order valence-electron chi connectivity index (χ1n) is 14.6. The zero-order chi connectivity index (χ0) is 30.1. The molecule has 2 unspecified atom stereocenters. The molecule has 2 heterocycles. The highest BCUT2D eigenvalue weighted by Gasteiger charge is 2.40. The van der Waals surface area contributed by atoms with Crippen LogP contribution in [-0.2, 0) is 22.7 Å². The van der Waals surface area contributed by atoms with Crippen molar-refractivity contribution in [2.24, 2.45) is 5.41 Å². The number of ether oxygens (including phenoxy) is 2. The number of benzene rings is 2. The summed E-state index contributed by atoms with van der Waals surface area (Å²) >= 11 is 0. The van der Waals surface area contributed by atoms with Crippen LogP contribution in [0.25, 0.3) is 0 Å². The van der Waals surface area contributed by atoms with Crippen LogP contribution in [0.5, 0.6) is 5.75 Å². The van der Waals surface area contributed by atoms with Gasteiger partial charge in [-0.25, -0.2) is 4.68 Å². The summed E-state index contributed by atoms with van der Waals surface area (Å²) < 4.78 is 38.7. The van der Waals surface area contributed by atoms with Gasteiger partial charge in [0.2, 0.25) is 0 Å². The van der Waals surface area contributed by atoms with E-state index in [2.05, 4.69) is 10.3 Å². The summed E-state index contributed by atoms with van der Waals surface area (Å²) in [6.45, 7) is 7.82. The van der Waals surface area contributed by atoms with Gasteiger partial charge in [-0.2, -0.15) is 4.31 Å². The van der Waals surface area contributed by atoms with Crippen LogP contribution in [0.2, 0.25) is 0 Å². The quantitative estimate of drug-likeness (QED) is 0.244. The number of hydrogen-bond acceptors (Lipinski definition) is 8. The average Bonchev–Trinajstić information content (AvgIpc) is 3.40. The molecule has 1 aliphatic heterocycles. The maximum Gasteiger partial charge on any atom is 0.312 e. The summed E-state index contributed by atoms with van der Waals surface area (Å²) in [5, 5.41) is 18.8. The van der Waals surface area contributed by atoms with E-state index >= 15 is 0 Å². The molecular formula is C31H42N4O6S. The number of nitrogens with zero attached hydrogens (tertiary/aromatic N) is 4. The molecule has 1 fully saturated rings. The van der Waals surface area contributed by atoms with E-state index in [0.29, 0.717) is 34.5 Å². The Morgan fingerprint density at radius 1 is 1.17 bits per heavy atom. The summed E-state index contributed by atoms with van der Waals surface area (Å²) in [5.41, 5.74) is 1.89. The van der Waals surface area contributed by atoms with Gasteiger partial charge in [0, 0.05) is 6.54 Å². The van der Waals surface area contributed by atoms with Gasteiger partial charge < -0.3 is 14.6 Å². The Kier molecular flexibility index (Phi) is 8.96. The zero-order valence-corrected chi connectivity index (χ0v) is 25.6. The SMILES string of the molecule is Cc1ccc(C(OCc2cn(C3CCCCC3)nn2)C(C)(C)C(=O)O)cc1CN1CC(C)Oc2ccccc2S1(O)O. The van der Waals surface area contributed by atoms with Crippen molar-refractivity contribution in [1.29, 1.82) is 0 Å². The minimum Gasteiger partial charge on any atom is -0.487 e. The van der Waals surface area contributed by atoms with Crippen LogP contribution in [0.3, 0.4) is 0 Å². The molecule has 1 aliphatic carbocycles. The Hall–Kier alpha value is -2.96. The third kappa shape index (κ3) is 6.35. The molecule has 0 saturated heterocycles. The van der Waals surface area contributed by atoms with Gasteiger partial charge >= 0.3 is 5.97 Å². The molecule has 2 aliphatic rings. The number of aromatic nitrogens is 3. The highest BCUT2D eigenvalue weighted by Crippen LogP contribution is 2.57. The minimum atomic E-state index is -3.33. The molecule has 0 amide bonds. The van der Waals surface area contributed by atoms with Crippen LogP contribution in [0, 0.1) is 12.3 Å². The number of para-hydroxylation sites is 1. The smallest absolute Gasteiger partial charge is 0.312 e. The second kappa shape index (κ2) is 12.3. The molecular weight excluding hydrogens is 556 g/mol. The van der Waals surface area contributed by atoms with E-state index < -0.39 is 28.3 Å². The Morgan fingerprint density at radius 2 is 1.90 bits per heavy atom. The average molecular weight is 599 g/mol. The summed E-state index contributed by atoms with van der Waals surface area (Å²) in [7, 11) is -3.33. The van der Waals surface area contributed by atoms with Crippen LogP contribution in [-0.4, -0.2) is 52.1 Å². The fourth-order valence-corrected chi connectivity index (χ4v) is 7.49. The molecule has 11 heteroatoms. The first kappa shape index (κ1) is 30.5. The lowest BCUT2D eigenvalue weighted by Crippen LogP contribution is -2.34. The number of aliphatic carboxylic acids is 1. The second-order valence-electron chi connectivity index (χ2n) is 12.1. The van der Waals surface area contributed by atoms with E-state index in [1.807, 2.05) is 49.0 Å². The maximum atomic E-state index is 12.4. The molecule has 5 rings (SSSR count). The highest BCUT2D eigenvalue weighted by atomic mass is 32.3. The largest absolute Gasteiger partial charge is 0.487 e. The number of hydrogen-bond donors (Lipinski definition) is 3. The monoisotopic (exact) mass is 598 g/mol. The van der Waals surface area contributed by atoms with Crippen molar-refractivity contribution in [3.8, 4) is 5.75 Å². The molecule has 0 spiro atoms. The normalized spacial score (nSPS) is 21.1.